The number of nitrogens with one attached hydrogen (secondary N) is 1. The molecule has 1 amide bonds. The number of hydrogen-bond acceptors (Lipinski definition) is 6. The highest BCUT2D eigenvalue weighted by atomic mass is 35.5. The molecule has 1 saturated heterocycles. The van der Waals surface area contributed by atoms with Crippen LogP contribution in [0, 0.1) is 0 Å². The van der Waals surface area contributed by atoms with Crippen molar-refractivity contribution < 1.29 is 31.1 Å². The van der Waals surface area contributed by atoms with Gasteiger partial charge in [-0.3, -0.25) is 4.79 Å². The number of carbonyl (C=O) groups excluding carboxylic acids is 1. The summed E-state index contributed by atoms with van der Waals surface area (Å²) in [5.41, 5.74) is 0.971. The second-order valence-electron chi connectivity index (χ2n) is 7.68. The lowest BCUT2D eigenvalue weighted by molar-refractivity contribution is -0.274. The Kier molecular flexibility index (Phi) is 7.36. The smallest absolute Gasteiger partial charge is 0.406 e. The minimum Gasteiger partial charge on any atom is -0.406 e. The fourth-order valence-corrected chi connectivity index (χ4v) is 6.18. The highest BCUT2D eigenvalue weighted by molar-refractivity contribution is 7.89. The molecule has 2 aromatic carbocycles. The van der Waals surface area contributed by atoms with E-state index in [0.717, 1.165) is 11.3 Å². The van der Waals surface area contributed by atoms with Gasteiger partial charge >= 0.3 is 6.36 Å². The van der Waals surface area contributed by atoms with E-state index in [1.807, 2.05) is 0 Å². The zero-order chi connectivity index (χ0) is 25.2. The fourth-order valence-electron chi connectivity index (χ4n) is 3.68. The molecule has 35 heavy (non-hydrogen) atoms. The van der Waals surface area contributed by atoms with Crippen molar-refractivity contribution >= 4 is 44.0 Å². The Labute approximate surface area is 208 Å². The van der Waals surface area contributed by atoms with Crippen LogP contribution < -0.4 is 10.1 Å². The number of anilines is 1. The van der Waals surface area contributed by atoms with Gasteiger partial charge in [0.15, 0.2) is 5.13 Å². The van der Waals surface area contributed by atoms with E-state index in [0.29, 0.717) is 35.5 Å². The maximum Gasteiger partial charge on any atom is 0.573 e. The fraction of sp³-hybridized carbons (Fsp3) is 0.273. The number of benzene rings is 2. The summed E-state index contributed by atoms with van der Waals surface area (Å²) in [5.74, 6) is -0.860. The molecule has 0 bridgehead atoms. The summed E-state index contributed by atoms with van der Waals surface area (Å²) in [5, 5.41) is 4.96. The second kappa shape index (κ2) is 10.1. The summed E-state index contributed by atoms with van der Waals surface area (Å²) < 4.78 is 68.4. The van der Waals surface area contributed by atoms with Gasteiger partial charge in [0, 0.05) is 22.5 Å². The number of alkyl halides is 3. The molecule has 1 N–H and O–H groups in total. The van der Waals surface area contributed by atoms with Gasteiger partial charge in [-0.05, 0) is 61.4 Å². The molecule has 13 heteroatoms. The van der Waals surface area contributed by atoms with Crippen LogP contribution in [0.1, 0.15) is 19.3 Å². The molecule has 0 saturated carbocycles. The Balaban J connectivity index is 1.48. The maximum atomic E-state index is 13.2. The van der Waals surface area contributed by atoms with E-state index in [2.05, 4.69) is 15.0 Å². The Morgan fingerprint density at radius 1 is 1.11 bits per heavy atom. The van der Waals surface area contributed by atoms with Crippen LogP contribution in [-0.2, 0) is 14.8 Å². The van der Waals surface area contributed by atoms with Gasteiger partial charge in [0.25, 0.3) is 0 Å². The van der Waals surface area contributed by atoms with Crippen molar-refractivity contribution in [2.24, 2.45) is 0 Å². The van der Waals surface area contributed by atoms with E-state index in [1.54, 1.807) is 5.38 Å². The number of ether oxygens (including phenoxy) is 1. The van der Waals surface area contributed by atoms with Crippen molar-refractivity contribution in [3.8, 4) is 17.0 Å². The molecule has 2 heterocycles. The summed E-state index contributed by atoms with van der Waals surface area (Å²) in [6.07, 6.45) is -3.10. The molecular formula is C22H19ClF3N3O4S2. The average Bonchev–Trinajstić information content (AvgIpc) is 3.27. The Morgan fingerprint density at radius 3 is 2.46 bits per heavy atom. The third-order valence-electron chi connectivity index (χ3n) is 5.29. The number of halogens is 4. The molecule has 1 aromatic heterocycles. The molecule has 0 radical (unpaired) electrons. The van der Waals surface area contributed by atoms with E-state index in [1.165, 1.54) is 52.8 Å². The van der Waals surface area contributed by atoms with Gasteiger partial charge in [-0.15, -0.1) is 24.5 Å². The Bertz CT molecular complexity index is 1300. The van der Waals surface area contributed by atoms with E-state index in [9.17, 15) is 26.4 Å². The monoisotopic (exact) mass is 545 g/mol. The predicted octanol–water partition coefficient (Wildman–Crippen LogP) is 5.54. The first-order chi connectivity index (χ1) is 16.5. The number of rotatable bonds is 6. The Morgan fingerprint density at radius 2 is 1.80 bits per heavy atom. The molecule has 3 aromatic rings. The molecule has 1 aliphatic heterocycles. The number of sulfonamides is 1. The largest absolute Gasteiger partial charge is 0.573 e. The molecule has 1 aliphatic rings. The molecule has 4 rings (SSSR count). The molecular weight excluding hydrogens is 527 g/mol. The summed E-state index contributed by atoms with van der Waals surface area (Å²) in [7, 11) is -3.92. The van der Waals surface area contributed by atoms with Gasteiger partial charge in [0.2, 0.25) is 15.9 Å². The first kappa shape index (κ1) is 25.4. The van der Waals surface area contributed by atoms with Crippen molar-refractivity contribution in [2.45, 2.75) is 36.6 Å². The van der Waals surface area contributed by atoms with Crippen LogP contribution in [0.5, 0.6) is 5.75 Å². The van der Waals surface area contributed by atoms with E-state index >= 15 is 0 Å². The highest BCUT2D eigenvalue weighted by Gasteiger charge is 2.38. The zero-order valence-corrected chi connectivity index (χ0v) is 20.3. The molecule has 1 fully saturated rings. The lowest BCUT2D eigenvalue weighted by Gasteiger charge is -2.33. The summed E-state index contributed by atoms with van der Waals surface area (Å²) >= 11 is 6.99. The van der Waals surface area contributed by atoms with E-state index < -0.39 is 28.3 Å². The van der Waals surface area contributed by atoms with E-state index in [-0.39, 0.29) is 22.3 Å². The third-order valence-corrected chi connectivity index (χ3v) is 8.23. The number of amides is 1. The number of piperidine rings is 1. The topological polar surface area (TPSA) is 88.6 Å². The molecule has 1 atom stereocenters. The Hall–Kier alpha value is -2.67. The first-order valence-corrected chi connectivity index (χ1v) is 13.1. The molecule has 0 unspecified atom stereocenters. The lowest BCUT2D eigenvalue weighted by Crippen LogP contribution is -2.49. The standard InChI is InChI=1S/C22H19ClF3N3O4S2/c23-15-6-10-17(11-7-15)35(31,32)29-12-2-1-3-19(29)20(30)28-21-27-18(13-34-21)14-4-8-16(9-5-14)33-22(24,25)26/h4-11,13,19H,1-3,12H2,(H,27,28,30)/t19-/m1/s1. The van der Waals surface area contributed by atoms with Gasteiger partial charge < -0.3 is 10.1 Å². The summed E-state index contributed by atoms with van der Waals surface area (Å²) in [6, 6.07) is 10.0. The summed E-state index contributed by atoms with van der Waals surface area (Å²) in [6.45, 7) is 0.207. The van der Waals surface area contributed by atoms with Crippen molar-refractivity contribution in [3.05, 3.63) is 58.9 Å². The van der Waals surface area contributed by atoms with Crippen molar-refractivity contribution in [1.82, 2.24) is 9.29 Å². The number of hydrogen-bond donors (Lipinski definition) is 1. The number of nitrogens with zero attached hydrogens (tertiary/aromatic N) is 2. The van der Waals surface area contributed by atoms with Crippen LogP contribution >= 0.6 is 22.9 Å². The zero-order valence-electron chi connectivity index (χ0n) is 18.0. The molecule has 186 valence electrons. The van der Waals surface area contributed by atoms with Crippen LogP contribution in [0.15, 0.2) is 58.8 Å². The summed E-state index contributed by atoms with van der Waals surface area (Å²) in [4.78, 5) is 17.4. The van der Waals surface area contributed by atoms with Gasteiger partial charge in [-0.25, -0.2) is 13.4 Å². The SMILES string of the molecule is O=C(Nc1nc(-c2ccc(OC(F)(F)F)cc2)cs1)[C@H]1CCCCN1S(=O)(=O)c1ccc(Cl)cc1. The first-order valence-electron chi connectivity index (χ1n) is 10.4. The van der Waals surface area contributed by atoms with Crippen LogP contribution in [0.25, 0.3) is 11.3 Å². The quantitative estimate of drug-likeness (QED) is 0.439. The average molecular weight is 546 g/mol. The lowest BCUT2D eigenvalue weighted by atomic mass is 10.0. The second-order valence-corrected chi connectivity index (χ2v) is 10.9. The van der Waals surface area contributed by atoms with Crippen LogP contribution in [-0.4, -0.2) is 42.6 Å². The van der Waals surface area contributed by atoms with Crippen LogP contribution in [0.4, 0.5) is 18.3 Å². The van der Waals surface area contributed by atoms with Gasteiger partial charge in [-0.1, -0.05) is 18.0 Å². The normalized spacial score (nSPS) is 17.2. The maximum absolute atomic E-state index is 13.2. The van der Waals surface area contributed by atoms with Crippen molar-refractivity contribution in [1.29, 1.82) is 0 Å². The van der Waals surface area contributed by atoms with Gasteiger partial charge in [-0.2, -0.15) is 4.31 Å². The van der Waals surface area contributed by atoms with Crippen LogP contribution in [0.3, 0.4) is 0 Å². The third kappa shape index (κ3) is 6.13. The number of carbonyl (C=O) groups is 1. The van der Waals surface area contributed by atoms with E-state index in [4.69, 9.17) is 11.6 Å². The molecule has 7 nitrogen and oxygen atoms in total. The highest BCUT2D eigenvalue weighted by Crippen LogP contribution is 2.30. The molecule has 0 spiro atoms. The van der Waals surface area contributed by atoms with Gasteiger partial charge in [0.05, 0.1) is 10.6 Å². The van der Waals surface area contributed by atoms with Gasteiger partial charge in [0.1, 0.15) is 11.8 Å². The minimum atomic E-state index is -4.78. The van der Waals surface area contributed by atoms with Crippen molar-refractivity contribution in [3.63, 3.8) is 0 Å². The molecule has 0 aliphatic carbocycles. The van der Waals surface area contributed by atoms with Crippen LogP contribution in [0.2, 0.25) is 5.02 Å². The van der Waals surface area contributed by atoms with Crippen molar-refractivity contribution in [2.75, 3.05) is 11.9 Å². The number of thiazole rings is 1. The predicted molar refractivity (Wildman–Crippen MR) is 126 cm³/mol. The minimum absolute atomic E-state index is 0.0519. The number of aromatic nitrogens is 1.